The van der Waals surface area contributed by atoms with Crippen molar-refractivity contribution in [1.82, 2.24) is 15.0 Å². The Hall–Kier alpha value is -2.44. The first-order chi connectivity index (χ1) is 8.13. The van der Waals surface area contributed by atoms with E-state index in [1.54, 1.807) is 18.2 Å². The molecule has 0 aliphatic carbocycles. The first kappa shape index (κ1) is 11.1. The molecule has 1 aromatic heterocycles. The SMILES string of the molecule is COc1cccc2nnn(CC(=O)O)c(=O)c12. The lowest BCUT2D eigenvalue weighted by Crippen LogP contribution is -2.27. The van der Waals surface area contributed by atoms with Crippen molar-refractivity contribution >= 4 is 16.9 Å². The lowest BCUT2D eigenvalue weighted by atomic mass is 10.2. The Morgan fingerprint density at radius 3 is 2.94 bits per heavy atom. The lowest BCUT2D eigenvalue weighted by molar-refractivity contribution is -0.138. The van der Waals surface area contributed by atoms with E-state index in [1.165, 1.54) is 7.11 Å². The molecule has 0 spiro atoms. The van der Waals surface area contributed by atoms with Gasteiger partial charge in [-0.05, 0) is 12.1 Å². The molecule has 0 bridgehead atoms. The summed E-state index contributed by atoms with van der Waals surface area (Å²) in [5, 5.41) is 16.2. The zero-order valence-electron chi connectivity index (χ0n) is 8.95. The number of methoxy groups -OCH3 is 1. The van der Waals surface area contributed by atoms with Crippen LogP contribution in [-0.2, 0) is 11.3 Å². The Labute approximate surface area is 95.2 Å². The molecule has 0 saturated heterocycles. The summed E-state index contributed by atoms with van der Waals surface area (Å²) in [4.78, 5) is 22.5. The van der Waals surface area contributed by atoms with Crippen molar-refractivity contribution in [3.63, 3.8) is 0 Å². The number of rotatable bonds is 3. The van der Waals surface area contributed by atoms with Gasteiger partial charge in [0.15, 0.2) is 0 Å². The van der Waals surface area contributed by atoms with Crippen LogP contribution in [0.3, 0.4) is 0 Å². The van der Waals surface area contributed by atoms with Gasteiger partial charge in [-0.1, -0.05) is 11.3 Å². The number of hydrogen-bond acceptors (Lipinski definition) is 5. The van der Waals surface area contributed by atoms with Crippen molar-refractivity contribution in [1.29, 1.82) is 0 Å². The average molecular weight is 235 g/mol. The molecule has 0 atom stereocenters. The maximum Gasteiger partial charge on any atom is 0.325 e. The summed E-state index contributed by atoms with van der Waals surface area (Å²) in [6.45, 7) is -0.528. The molecule has 0 fully saturated rings. The van der Waals surface area contributed by atoms with Crippen molar-refractivity contribution in [3.8, 4) is 5.75 Å². The van der Waals surface area contributed by atoms with Crippen molar-refractivity contribution in [2.75, 3.05) is 7.11 Å². The van der Waals surface area contributed by atoms with Crippen LogP contribution in [0.15, 0.2) is 23.0 Å². The molecule has 0 aliphatic heterocycles. The maximum atomic E-state index is 12.0. The smallest absolute Gasteiger partial charge is 0.325 e. The van der Waals surface area contributed by atoms with E-state index in [1.807, 2.05) is 0 Å². The number of benzene rings is 1. The third-order valence-electron chi connectivity index (χ3n) is 2.22. The Bertz CT molecular complexity index is 635. The van der Waals surface area contributed by atoms with Gasteiger partial charge in [-0.2, -0.15) is 4.68 Å². The molecule has 7 nitrogen and oxygen atoms in total. The van der Waals surface area contributed by atoms with Crippen LogP contribution in [0.25, 0.3) is 10.9 Å². The van der Waals surface area contributed by atoms with Crippen molar-refractivity contribution in [2.45, 2.75) is 6.54 Å². The molecule has 2 rings (SSSR count). The quantitative estimate of drug-likeness (QED) is 0.797. The van der Waals surface area contributed by atoms with Gasteiger partial charge in [0.05, 0.1) is 7.11 Å². The molecule has 7 heteroatoms. The summed E-state index contributed by atoms with van der Waals surface area (Å²) in [5.74, 6) is -0.808. The van der Waals surface area contributed by atoms with Crippen molar-refractivity contribution < 1.29 is 14.6 Å². The fraction of sp³-hybridized carbons (Fsp3) is 0.200. The average Bonchev–Trinajstić information content (AvgIpc) is 2.31. The van der Waals surface area contributed by atoms with E-state index in [4.69, 9.17) is 9.84 Å². The Morgan fingerprint density at radius 2 is 2.29 bits per heavy atom. The number of hydrogen-bond donors (Lipinski definition) is 1. The van der Waals surface area contributed by atoms with Gasteiger partial charge >= 0.3 is 5.97 Å². The third kappa shape index (κ3) is 1.94. The number of aliphatic carboxylic acids is 1. The highest BCUT2D eigenvalue weighted by atomic mass is 16.5. The van der Waals surface area contributed by atoms with Crippen LogP contribution in [0.1, 0.15) is 0 Å². The van der Waals surface area contributed by atoms with E-state index in [0.717, 1.165) is 4.68 Å². The fourth-order valence-corrected chi connectivity index (χ4v) is 1.49. The second-order valence-corrected chi connectivity index (χ2v) is 3.30. The van der Waals surface area contributed by atoms with Gasteiger partial charge in [-0.15, -0.1) is 5.10 Å². The number of carboxylic acids is 1. The molecule has 2 aromatic rings. The van der Waals surface area contributed by atoms with Gasteiger partial charge in [-0.3, -0.25) is 9.59 Å². The summed E-state index contributed by atoms with van der Waals surface area (Å²) in [6, 6.07) is 4.89. The minimum Gasteiger partial charge on any atom is -0.496 e. The molecule has 0 amide bonds. The normalized spacial score (nSPS) is 10.4. The van der Waals surface area contributed by atoms with Gasteiger partial charge < -0.3 is 9.84 Å². The molecular weight excluding hydrogens is 226 g/mol. The summed E-state index contributed by atoms with van der Waals surface area (Å²) >= 11 is 0. The van der Waals surface area contributed by atoms with Crippen LogP contribution in [0, 0.1) is 0 Å². The van der Waals surface area contributed by atoms with E-state index >= 15 is 0 Å². The molecule has 0 aliphatic rings. The first-order valence-electron chi connectivity index (χ1n) is 4.76. The van der Waals surface area contributed by atoms with Gasteiger partial charge in [0, 0.05) is 0 Å². The highest BCUT2D eigenvalue weighted by Gasteiger charge is 2.12. The van der Waals surface area contributed by atoms with Crippen LogP contribution < -0.4 is 10.3 Å². The zero-order chi connectivity index (χ0) is 12.4. The van der Waals surface area contributed by atoms with Gasteiger partial charge in [0.2, 0.25) is 0 Å². The molecule has 17 heavy (non-hydrogen) atoms. The number of nitrogens with zero attached hydrogens (tertiary/aromatic N) is 3. The van der Waals surface area contributed by atoms with Crippen molar-refractivity contribution in [3.05, 3.63) is 28.6 Å². The van der Waals surface area contributed by atoms with E-state index in [2.05, 4.69) is 10.3 Å². The van der Waals surface area contributed by atoms with Crippen molar-refractivity contribution in [2.24, 2.45) is 0 Å². The number of aromatic nitrogens is 3. The Morgan fingerprint density at radius 1 is 1.53 bits per heavy atom. The second-order valence-electron chi connectivity index (χ2n) is 3.30. The highest BCUT2D eigenvalue weighted by molar-refractivity contribution is 5.83. The van der Waals surface area contributed by atoms with Gasteiger partial charge in [0.25, 0.3) is 5.56 Å². The van der Waals surface area contributed by atoms with E-state index in [-0.39, 0.29) is 5.39 Å². The third-order valence-corrected chi connectivity index (χ3v) is 2.22. The molecule has 0 unspecified atom stereocenters. The fourth-order valence-electron chi connectivity index (χ4n) is 1.49. The maximum absolute atomic E-state index is 12.0. The molecule has 1 heterocycles. The second kappa shape index (κ2) is 4.20. The first-order valence-corrected chi connectivity index (χ1v) is 4.76. The van der Waals surface area contributed by atoms with Crippen LogP contribution in [-0.4, -0.2) is 33.2 Å². The highest BCUT2D eigenvalue weighted by Crippen LogP contribution is 2.19. The monoisotopic (exact) mass is 235 g/mol. The standard InChI is InChI=1S/C10H9N3O4/c1-17-7-4-2-3-6-9(7)10(16)13(12-11-6)5-8(14)15/h2-4H,5H2,1H3,(H,14,15). The van der Waals surface area contributed by atoms with Crippen LogP contribution in [0.4, 0.5) is 0 Å². The summed E-state index contributed by atoms with van der Waals surface area (Å²) in [7, 11) is 1.43. The largest absolute Gasteiger partial charge is 0.496 e. The molecule has 88 valence electrons. The molecular formula is C10H9N3O4. The van der Waals surface area contributed by atoms with Crippen LogP contribution >= 0.6 is 0 Å². The predicted molar refractivity (Wildman–Crippen MR) is 58.0 cm³/mol. The van der Waals surface area contributed by atoms with Crippen LogP contribution in [0.2, 0.25) is 0 Å². The summed E-state index contributed by atoms with van der Waals surface area (Å²) in [5.41, 5.74) is -0.161. The lowest BCUT2D eigenvalue weighted by Gasteiger charge is -2.05. The molecule has 1 aromatic carbocycles. The summed E-state index contributed by atoms with van der Waals surface area (Å²) in [6.07, 6.45) is 0. The number of ether oxygens (including phenoxy) is 1. The van der Waals surface area contributed by atoms with E-state index < -0.39 is 18.1 Å². The van der Waals surface area contributed by atoms with E-state index in [0.29, 0.717) is 11.3 Å². The van der Waals surface area contributed by atoms with E-state index in [9.17, 15) is 9.59 Å². The number of carboxylic acid groups (broad SMARTS) is 1. The number of carbonyl (C=O) groups is 1. The molecule has 0 radical (unpaired) electrons. The van der Waals surface area contributed by atoms with Gasteiger partial charge in [-0.25, -0.2) is 0 Å². The molecule has 0 saturated carbocycles. The van der Waals surface area contributed by atoms with Crippen LogP contribution in [0.5, 0.6) is 5.75 Å². The predicted octanol–water partition coefficient (Wildman–Crippen LogP) is -0.115. The Kier molecular flexibility index (Phi) is 2.73. The Balaban J connectivity index is 2.73. The summed E-state index contributed by atoms with van der Waals surface area (Å²) < 4.78 is 5.82. The number of fused-ring (bicyclic) bond motifs is 1. The minimum atomic E-state index is -1.16. The minimum absolute atomic E-state index is 0.228. The van der Waals surface area contributed by atoms with Gasteiger partial charge in [0.1, 0.15) is 23.2 Å². The topological polar surface area (TPSA) is 94.3 Å². The zero-order valence-corrected chi connectivity index (χ0v) is 8.95. The molecule has 1 N–H and O–H groups in total.